The number of aryl methyl sites for hydroxylation is 1. The summed E-state index contributed by atoms with van der Waals surface area (Å²) in [7, 11) is 0. The van der Waals surface area contributed by atoms with Crippen LogP contribution in [0.1, 0.15) is 12.5 Å². The summed E-state index contributed by atoms with van der Waals surface area (Å²) in [5.41, 5.74) is 1.11. The number of hydrogen-bond donors (Lipinski definition) is 0. The van der Waals surface area contributed by atoms with Gasteiger partial charge in [0.2, 0.25) is 0 Å². The van der Waals surface area contributed by atoms with E-state index in [1.165, 1.54) is 0 Å². The van der Waals surface area contributed by atoms with Gasteiger partial charge in [0.05, 0.1) is 0 Å². The first-order valence-corrected chi connectivity index (χ1v) is 2.61. The largest absolute Gasteiger partial charge is 0.268 e. The topological polar surface area (TPSA) is 25.8 Å². The smallest absolute Gasteiger partial charge is 0 e. The molecule has 0 amide bonds. The Morgan fingerprint density at radius 2 is 2.44 bits per heavy atom. The molecule has 1 aromatic heterocycles. The predicted molar refractivity (Wildman–Crippen MR) is 30.2 cm³/mol. The van der Waals surface area contributed by atoms with Gasteiger partial charge in [-0.05, 0) is 6.20 Å². The molecule has 0 unspecified atom stereocenters. The zero-order valence-electron chi connectivity index (χ0n) is 5.20. The van der Waals surface area contributed by atoms with Crippen LogP contribution in [0, 0.1) is 6.20 Å². The summed E-state index contributed by atoms with van der Waals surface area (Å²) in [6.07, 6.45) is 5.41. The van der Waals surface area contributed by atoms with Crippen molar-refractivity contribution in [3.63, 3.8) is 0 Å². The molecular weight excluding hydrogens is 151 g/mol. The minimum Gasteiger partial charge on any atom is -0.268 e. The quantitative estimate of drug-likeness (QED) is 0.566. The van der Waals surface area contributed by atoms with Crippen LogP contribution in [0.25, 0.3) is 0 Å². The van der Waals surface area contributed by atoms with Gasteiger partial charge in [-0.15, -0.1) is 6.20 Å². The Kier molecular flexibility index (Phi) is 4.37. The van der Waals surface area contributed by atoms with E-state index in [4.69, 9.17) is 0 Å². The first-order chi connectivity index (χ1) is 3.93. The molecule has 0 spiro atoms. The van der Waals surface area contributed by atoms with Gasteiger partial charge in [0.25, 0.3) is 0 Å². The third-order valence-corrected chi connectivity index (χ3v) is 0.975. The average Bonchev–Trinajstić information content (AvgIpc) is 1.90. The van der Waals surface area contributed by atoms with E-state index in [2.05, 4.69) is 23.3 Å². The first kappa shape index (κ1) is 8.66. The Morgan fingerprint density at radius 1 is 1.67 bits per heavy atom. The molecule has 1 rings (SSSR count). The van der Waals surface area contributed by atoms with Crippen molar-refractivity contribution in [2.75, 3.05) is 0 Å². The minimum absolute atomic E-state index is 0. The number of rotatable bonds is 1. The molecule has 2 nitrogen and oxygen atoms in total. The summed E-state index contributed by atoms with van der Waals surface area (Å²) < 4.78 is 0. The molecule has 3 heteroatoms. The predicted octanol–water partition coefficient (Wildman–Crippen LogP) is 0.837. The Balaban J connectivity index is 0.000000640. The van der Waals surface area contributed by atoms with Crippen LogP contribution in [0.15, 0.2) is 12.3 Å². The van der Waals surface area contributed by atoms with Gasteiger partial charge in [0.1, 0.15) is 0 Å². The normalized spacial score (nSPS) is 8.11. The molecule has 9 heavy (non-hydrogen) atoms. The summed E-state index contributed by atoms with van der Waals surface area (Å²) >= 11 is 0. The van der Waals surface area contributed by atoms with Gasteiger partial charge >= 0.3 is 0 Å². The van der Waals surface area contributed by atoms with Crippen LogP contribution in [0.4, 0.5) is 0 Å². The van der Waals surface area contributed by atoms with Gasteiger partial charge in [-0.3, -0.25) is 5.10 Å². The van der Waals surface area contributed by atoms with Crippen molar-refractivity contribution >= 4 is 0 Å². The standard InChI is InChI=1S/C6H7N2.V/c1-2-6-3-4-7-8-5-6;/h3-4H,2H2,1H3;/q-1;. The number of hydrogen-bond acceptors (Lipinski definition) is 2. The maximum absolute atomic E-state index is 3.59. The molecule has 0 saturated carbocycles. The fourth-order valence-electron chi connectivity index (χ4n) is 0.484. The second kappa shape index (κ2) is 4.53. The summed E-state index contributed by atoms with van der Waals surface area (Å²) in [6, 6.07) is 1.91. The van der Waals surface area contributed by atoms with Crippen molar-refractivity contribution in [3.05, 3.63) is 24.0 Å². The van der Waals surface area contributed by atoms with E-state index in [1.54, 1.807) is 6.20 Å². The van der Waals surface area contributed by atoms with Gasteiger partial charge in [-0.2, -0.15) is 16.7 Å². The second-order valence-electron chi connectivity index (χ2n) is 1.52. The molecule has 47 valence electrons. The maximum atomic E-state index is 3.59. The Labute approximate surface area is 66.6 Å². The van der Waals surface area contributed by atoms with Gasteiger partial charge < -0.3 is 0 Å². The molecule has 1 heterocycles. The first-order valence-electron chi connectivity index (χ1n) is 2.61. The Bertz CT molecular complexity index is 152. The molecule has 0 fully saturated rings. The molecule has 0 aliphatic carbocycles. The van der Waals surface area contributed by atoms with Gasteiger partial charge in [-0.25, -0.2) is 0 Å². The van der Waals surface area contributed by atoms with E-state index >= 15 is 0 Å². The van der Waals surface area contributed by atoms with Crippen LogP contribution >= 0.6 is 0 Å². The van der Waals surface area contributed by atoms with Crippen LogP contribution in [-0.2, 0) is 25.0 Å². The van der Waals surface area contributed by atoms with Gasteiger partial charge in [0.15, 0.2) is 0 Å². The van der Waals surface area contributed by atoms with E-state index in [0.29, 0.717) is 0 Å². The SMILES string of the molecule is CCc1[c-]nncc1.[V]. The molecule has 0 bridgehead atoms. The number of nitrogens with zero attached hydrogens (tertiary/aromatic N) is 2. The molecule has 0 aliphatic rings. The molecule has 1 aromatic rings. The minimum atomic E-state index is 0. The van der Waals surface area contributed by atoms with E-state index in [-0.39, 0.29) is 18.6 Å². The summed E-state index contributed by atoms with van der Waals surface area (Å²) in [5.74, 6) is 0. The maximum Gasteiger partial charge on any atom is 0 e. The van der Waals surface area contributed by atoms with E-state index in [1.807, 2.05) is 6.07 Å². The average molecular weight is 158 g/mol. The van der Waals surface area contributed by atoms with Crippen molar-refractivity contribution in [1.82, 2.24) is 10.2 Å². The summed E-state index contributed by atoms with van der Waals surface area (Å²) in [6.45, 7) is 2.06. The fraction of sp³-hybridized carbons (Fsp3) is 0.333. The van der Waals surface area contributed by atoms with Gasteiger partial charge in [-0.1, -0.05) is 13.3 Å². The summed E-state index contributed by atoms with van der Waals surface area (Å²) in [5, 5.41) is 7.17. The third kappa shape index (κ3) is 2.63. The van der Waals surface area contributed by atoms with Crippen LogP contribution < -0.4 is 0 Å². The second-order valence-corrected chi connectivity index (χ2v) is 1.52. The molecule has 0 aromatic carbocycles. The Morgan fingerprint density at radius 3 is 2.78 bits per heavy atom. The van der Waals surface area contributed by atoms with Crippen molar-refractivity contribution in [1.29, 1.82) is 0 Å². The van der Waals surface area contributed by atoms with E-state index in [0.717, 1.165) is 12.0 Å². The van der Waals surface area contributed by atoms with Gasteiger partial charge in [0, 0.05) is 18.6 Å². The van der Waals surface area contributed by atoms with Crippen LogP contribution in [-0.4, -0.2) is 10.2 Å². The molecule has 0 atom stereocenters. The van der Waals surface area contributed by atoms with E-state index in [9.17, 15) is 0 Å². The zero-order chi connectivity index (χ0) is 5.82. The Hall–Kier alpha value is -0.336. The molecule has 0 N–H and O–H groups in total. The fourth-order valence-corrected chi connectivity index (χ4v) is 0.484. The summed E-state index contributed by atoms with van der Waals surface area (Å²) in [4.78, 5) is 0. The zero-order valence-corrected chi connectivity index (χ0v) is 6.60. The number of aromatic nitrogens is 2. The van der Waals surface area contributed by atoms with E-state index < -0.39 is 0 Å². The van der Waals surface area contributed by atoms with Crippen molar-refractivity contribution in [2.45, 2.75) is 13.3 Å². The molecule has 0 aliphatic heterocycles. The van der Waals surface area contributed by atoms with Crippen molar-refractivity contribution in [2.24, 2.45) is 0 Å². The van der Waals surface area contributed by atoms with Crippen molar-refractivity contribution < 1.29 is 18.6 Å². The van der Waals surface area contributed by atoms with Crippen LogP contribution in [0.2, 0.25) is 0 Å². The molecule has 0 saturated heterocycles. The molecule has 1 radical (unpaired) electrons. The third-order valence-electron chi connectivity index (χ3n) is 0.975. The molecular formula is C6H7N2V-. The van der Waals surface area contributed by atoms with Crippen LogP contribution in [0.3, 0.4) is 0 Å². The van der Waals surface area contributed by atoms with Crippen molar-refractivity contribution in [3.8, 4) is 0 Å². The van der Waals surface area contributed by atoms with Crippen LogP contribution in [0.5, 0.6) is 0 Å². The monoisotopic (exact) mass is 158 g/mol.